The number of alkyl halides is 2. The standard InChI is InChI=1S/C20H29B10F4N5/c21-16(22)17(23,24)19(27,28)39(20(29,30)18(16,25)26)13-2-8(14(33)34)1-11(6-13)36-15-35-7-38(37-15)12-4-9(31)3-10(32)5-12/h1-7,14H,21-30H2,(H,36,37). The second-order valence-electron chi connectivity index (χ2n) is 13.2. The van der Waals surface area contributed by atoms with E-state index >= 15 is 0 Å². The molecule has 2 aromatic carbocycles. The summed E-state index contributed by atoms with van der Waals surface area (Å²) in [5.41, 5.74) is 1.07. The molecule has 192 valence electrons. The topological polar surface area (TPSA) is 46.0 Å². The van der Waals surface area contributed by atoms with Crippen molar-refractivity contribution >= 4 is 95.8 Å². The zero-order chi connectivity index (χ0) is 29.3. The molecule has 2 heterocycles. The first-order chi connectivity index (χ1) is 17.7. The Bertz CT molecular complexity index is 1370. The molecule has 0 aliphatic carbocycles. The van der Waals surface area contributed by atoms with Crippen molar-refractivity contribution in [1.29, 1.82) is 0 Å². The molecular formula is C20H29B10F4N5. The summed E-state index contributed by atoms with van der Waals surface area (Å²) in [4.78, 5) is 6.46. The van der Waals surface area contributed by atoms with Crippen molar-refractivity contribution in [2.75, 3.05) is 10.2 Å². The maximum absolute atomic E-state index is 14.2. The molecule has 0 unspecified atom stereocenters. The highest BCUT2D eigenvalue weighted by molar-refractivity contribution is 6.71. The Balaban J connectivity index is 1.81. The molecule has 39 heavy (non-hydrogen) atoms. The fourth-order valence-corrected chi connectivity index (χ4v) is 6.42. The van der Waals surface area contributed by atoms with Crippen LogP contribution in [0.4, 0.5) is 34.9 Å². The minimum absolute atomic E-state index is 0.0992. The Morgan fingerprint density at radius 1 is 0.692 bits per heavy atom. The maximum Gasteiger partial charge on any atom is 0.263 e. The number of benzene rings is 2. The fraction of sp³-hybridized carbons (Fsp3) is 0.300. The van der Waals surface area contributed by atoms with Crippen molar-refractivity contribution in [3.05, 3.63) is 59.9 Å². The summed E-state index contributed by atoms with van der Waals surface area (Å²) >= 11 is 0. The molecule has 0 bridgehead atoms. The molecule has 1 aromatic heterocycles. The van der Waals surface area contributed by atoms with Crippen LogP contribution in [0.25, 0.3) is 5.69 Å². The molecule has 0 atom stereocenters. The highest BCUT2D eigenvalue weighted by Crippen LogP contribution is 2.69. The largest absolute Gasteiger partial charge is 0.394 e. The Morgan fingerprint density at radius 3 is 1.74 bits per heavy atom. The van der Waals surface area contributed by atoms with Gasteiger partial charge < -0.3 is 10.2 Å². The first-order valence-electron chi connectivity index (χ1n) is 13.1. The molecule has 1 saturated heterocycles. The Morgan fingerprint density at radius 2 is 1.23 bits per heavy atom. The van der Waals surface area contributed by atoms with Crippen LogP contribution in [0.2, 0.25) is 15.6 Å². The smallest absolute Gasteiger partial charge is 0.263 e. The molecule has 0 saturated carbocycles. The highest BCUT2D eigenvalue weighted by atomic mass is 19.3. The van der Waals surface area contributed by atoms with Crippen molar-refractivity contribution in [3.8, 4) is 5.69 Å². The molecule has 4 rings (SSSR count). The lowest BCUT2D eigenvalue weighted by Crippen LogP contribution is -2.81. The molecule has 1 N–H and O–H groups in total. The van der Waals surface area contributed by atoms with Gasteiger partial charge in [-0.2, -0.15) is 4.98 Å². The first-order valence-corrected chi connectivity index (χ1v) is 13.1. The van der Waals surface area contributed by atoms with E-state index in [1.165, 1.54) is 17.1 Å². The first kappa shape index (κ1) is 29.5. The number of piperidine rings is 1. The van der Waals surface area contributed by atoms with Crippen molar-refractivity contribution in [2.24, 2.45) is 0 Å². The predicted molar refractivity (Wildman–Crippen MR) is 177 cm³/mol. The van der Waals surface area contributed by atoms with Crippen LogP contribution < -0.4 is 10.2 Å². The van der Waals surface area contributed by atoms with Crippen molar-refractivity contribution < 1.29 is 17.6 Å². The number of hydrogen-bond acceptors (Lipinski definition) is 4. The van der Waals surface area contributed by atoms with Gasteiger partial charge in [0, 0.05) is 23.0 Å². The second-order valence-corrected chi connectivity index (χ2v) is 13.2. The number of hydrogen-bond donors (Lipinski definition) is 1. The number of aromatic nitrogens is 3. The third-order valence-corrected chi connectivity index (χ3v) is 10.6. The molecule has 19 heteroatoms. The van der Waals surface area contributed by atoms with Gasteiger partial charge >= 0.3 is 0 Å². The Hall–Kier alpha value is -2.45. The van der Waals surface area contributed by atoms with Gasteiger partial charge in [0.05, 0.1) is 52.8 Å². The van der Waals surface area contributed by atoms with E-state index in [9.17, 15) is 17.6 Å². The molecule has 0 spiro atoms. The van der Waals surface area contributed by atoms with E-state index in [2.05, 4.69) is 98.8 Å². The van der Waals surface area contributed by atoms with Gasteiger partial charge in [0.25, 0.3) is 6.43 Å². The lowest BCUT2D eigenvalue weighted by atomic mass is 9.05. The van der Waals surface area contributed by atoms with Crippen LogP contribution in [-0.4, -0.2) is 104 Å². The van der Waals surface area contributed by atoms with E-state index in [1.54, 1.807) is 6.07 Å². The number of rotatable bonds is 5. The second kappa shape index (κ2) is 9.30. The molecule has 0 amide bonds. The summed E-state index contributed by atoms with van der Waals surface area (Å²) in [5.74, 6) is -1.38. The van der Waals surface area contributed by atoms with Gasteiger partial charge in [0.15, 0.2) is 0 Å². The third kappa shape index (κ3) is 4.48. The van der Waals surface area contributed by atoms with Gasteiger partial charge in [-0.3, -0.25) is 0 Å². The van der Waals surface area contributed by atoms with E-state index in [1.807, 2.05) is 6.07 Å². The maximum atomic E-state index is 14.2. The van der Waals surface area contributed by atoms with Crippen molar-refractivity contribution in [2.45, 2.75) is 32.7 Å². The Labute approximate surface area is 236 Å². The van der Waals surface area contributed by atoms with Crippen LogP contribution in [0, 0.1) is 11.6 Å². The molecule has 0 radical (unpaired) electrons. The van der Waals surface area contributed by atoms with Gasteiger partial charge in [-0.05, 0) is 41.0 Å². The van der Waals surface area contributed by atoms with Crippen LogP contribution in [0.15, 0.2) is 42.7 Å². The van der Waals surface area contributed by atoms with Crippen LogP contribution >= 0.6 is 0 Å². The van der Waals surface area contributed by atoms with Crippen LogP contribution in [0.5, 0.6) is 0 Å². The summed E-state index contributed by atoms with van der Waals surface area (Å²) < 4.78 is 57.0. The SMILES string of the molecule is BC1(B)N(c2cc(Nc3ncn(-c4cc(F)cc(F)c4)n3)cc(C(F)F)c2)C(B)(B)C(B)(B)C(B)(B)C1(B)B. The summed E-state index contributed by atoms with van der Waals surface area (Å²) in [6.45, 7) is 0. The van der Waals surface area contributed by atoms with Crippen LogP contribution in [0.3, 0.4) is 0 Å². The van der Waals surface area contributed by atoms with Crippen LogP contribution in [0.1, 0.15) is 12.0 Å². The van der Waals surface area contributed by atoms with Crippen molar-refractivity contribution in [3.63, 3.8) is 0 Å². The fourth-order valence-electron chi connectivity index (χ4n) is 6.42. The van der Waals surface area contributed by atoms with E-state index < -0.39 is 28.7 Å². The summed E-state index contributed by atoms with van der Waals surface area (Å²) in [7, 11) is 22.3. The van der Waals surface area contributed by atoms with E-state index in [4.69, 9.17) is 0 Å². The van der Waals surface area contributed by atoms with Gasteiger partial charge in [-0.15, -0.1) is 5.10 Å². The van der Waals surface area contributed by atoms with E-state index in [-0.39, 0.29) is 32.8 Å². The van der Waals surface area contributed by atoms with E-state index in [0.717, 1.165) is 18.2 Å². The lowest BCUT2D eigenvalue weighted by Gasteiger charge is -2.77. The molecule has 1 fully saturated rings. The molecule has 1 aliphatic heterocycles. The quantitative estimate of drug-likeness (QED) is 0.269. The summed E-state index contributed by atoms with van der Waals surface area (Å²) in [5, 5.41) is 5.91. The average Bonchev–Trinajstić information content (AvgIpc) is 3.25. The molecule has 1 aliphatic rings. The summed E-state index contributed by atoms with van der Waals surface area (Å²) in [6.07, 6.45) is -1.39. The lowest BCUT2D eigenvalue weighted by molar-refractivity contribution is 0.151. The number of nitrogens with one attached hydrogen (secondary N) is 1. The number of nitrogens with zero attached hydrogens (tertiary/aromatic N) is 4. The molecular weight excluding hydrogens is 494 g/mol. The number of halogens is 4. The van der Waals surface area contributed by atoms with Crippen molar-refractivity contribution in [1.82, 2.24) is 14.8 Å². The van der Waals surface area contributed by atoms with Crippen LogP contribution in [-0.2, 0) is 0 Å². The minimum atomic E-state index is -2.69. The normalized spacial score (nSPS) is 20.5. The Kier molecular flexibility index (Phi) is 7.04. The van der Waals surface area contributed by atoms with E-state index in [0.29, 0.717) is 11.4 Å². The zero-order valence-electron chi connectivity index (χ0n) is 24.4. The number of anilines is 3. The van der Waals surface area contributed by atoms with Gasteiger partial charge in [-0.25, -0.2) is 22.2 Å². The van der Waals surface area contributed by atoms with Gasteiger partial charge in [0.1, 0.15) is 49.3 Å². The third-order valence-electron chi connectivity index (χ3n) is 10.6. The summed E-state index contributed by atoms with van der Waals surface area (Å²) in [6, 6.07) is 7.80. The average molecular weight is 524 g/mol. The van der Waals surface area contributed by atoms with Gasteiger partial charge in [0.2, 0.25) is 5.95 Å². The predicted octanol–water partition coefficient (Wildman–Crippen LogP) is -4.97. The monoisotopic (exact) mass is 525 g/mol. The molecule has 3 aromatic rings. The zero-order valence-corrected chi connectivity index (χ0v) is 24.4. The highest BCUT2D eigenvalue weighted by Gasteiger charge is 2.65. The van der Waals surface area contributed by atoms with Gasteiger partial charge in [-0.1, -0.05) is 15.6 Å². The minimum Gasteiger partial charge on any atom is -0.394 e. The molecule has 5 nitrogen and oxygen atoms in total.